The summed E-state index contributed by atoms with van der Waals surface area (Å²) in [5, 5.41) is 12.2. The van der Waals surface area contributed by atoms with Crippen LogP contribution in [0, 0.1) is 5.82 Å². The Morgan fingerprint density at radius 2 is 1.91 bits per heavy atom. The molecule has 2 aromatic heterocycles. The van der Waals surface area contributed by atoms with Gasteiger partial charge in [0, 0.05) is 5.56 Å². The SMILES string of the molecule is O/N=C/c1c(-c2ccc(F)cc2)nc2sc3ccccc3n12. The van der Waals surface area contributed by atoms with E-state index in [0.717, 1.165) is 20.7 Å². The highest BCUT2D eigenvalue weighted by atomic mass is 32.1. The molecule has 0 amide bonds. The molecule has 0 atom stereocenters. The second-order valence-corrected chi connectivity index (χ2v) is 5.79. The fourth-order valence-electron chi connectivity index (χ4n) is 2.53. The van der Waals surface area contributed by atoms with Crippen LogP contribution in [0.25, 0.3) is 26.4 Å². The summed E-state index contributed by atoms with van der Waals surface area (Å²) >= 11 is 1.55. The lowest BCUT2D eigenvalue weighted by Crippen LogP contribution is -1.92. The zero-order valence-corrected chi connectivity index (χ0v) is 12.1. The van der Waals surface area contributed by atoms with Gasteiger partial charge in [0.2, 0.25) is 0 Å². The first kappa shape index (κ1) is 13.0. The average Bonchev–Trinajstić information content (AvgIpc) is 3.05. The lowest BCUT2D eigenvalue weighted by Gasteiger charge is -2.00. The molecule has 4 aromatic rings. The third-order valence-electron chi connectivity index (χ3n) is 3.49. The van der Waals surface area contributed by atoms with E-state index >= 15 is 0 Å². The van der Waals surface area contributed by atoms with Gasteiger partial charge in [0.1, 0.15) is 5.82 Å². The molecule has 2 heterocycles. The number of thiazole rings is 1. The van der Waals surface area contributed by atoms with Crippen LogP contribution in [0.4, 0.5) is 4.39 Å². The number of para-hydroxylation sites is 1. The molecule has 0 saturated heterocycles. The smallest absolute Gasteiger partial charge is 0.195 e. The number of hydrogen-bond donors (Lipinski definition) is 1. The number of imidazole rings is 1. The van der Waals surface area contributed by atoms with Crippen molar-refractivity contribution < 1.29 is 9.60 Å². The van der Waals surface area contributed by atoms with Crippen molar-refractivity contribution in [3.63, 3.8) is 0 Å². The summed E-state index contributed by atoms with van der Waals surface area (Å²) in [7, 11) is 0. The summed E-state index contributed by atoms with van der Waals surface area (Å²) < 4.78 is 16.2. The van der Waals surface area contributed by atoms with Gasteiger partial charge in [-0.05, 0) is 36.4 Å². The van der Waals surface area contributed by atoms with Gasteiger partial charge in [0.05, 0.1) is 27.8 Å². The van der Waals surface area contributed by atoms with Gasteiger partial charge in [-0.1, -0.05) is 28.6 Å². The molecule has 4 rings (SSSR count). The zero-order valence-electron chi connectivity index (χ0n) is 11.3. The lowest BCUT2D eigenvalue weighted by molar-refractivity contribution is 0.321. The molecule has 0 fully saturated rings. The van der Waals surface area contributed by atoms with Crippen molar-refractivity contribution in [2.24, 2.45) is 5.16 Å². The quantitative estimate of drug-likeness (QED) is 0.343. The van der Waals surface area contributed by atoms with Gasteiger partial charge in [-0.3, -0.25) is 4.40 Å². The molecular formula is C16H10FN3OS. The van der Waals surface area contributed by atoms with Crippen molar-refractivity contribution in [1.29, 1.82) is 0 Å². The highest BCUT2D eigenvalue weighted by Gasteiger charge is 2.17. The molecule has 6 heteroatoms. The minimum atomic E-state index is -0.299. The van der Waals surface area contributed by atoms with Crippen molar-refractivity contribution in [3.8, 4) is 11.3 Å². The topological polar surface area (TPSA) is 49.9 Å². The first-order valence-corrected chi connectivity index (χ1v) is 7.43. The number of halogens is 1. The number of rotatable bonds is 2. The predicted molar refractivity (Wildman–Crippen MR) is 85.3 cm³/mol. The van der Waals surface area contributed by atoms with Crippen LogP contribution >= 0.6 is 11.3 Å². The molecule has 0 saturated carbocycles. The molecule has 0 aliphatic rings. The molecule has 108 valence electrons. The molecule has 2 aromatic carbocycles. The van der Waals surface area contributed by atoms with Crippen LogP contribution in [0.5, 0.6) is 0 Å². The molecule has 0 radical (unpaired) electrons. The lowest BCUT2D eigenvalue weighted by atomic mass is 10.1. The summed E-state index contributed by atoms with van der Waals surface area (Å²) in [6.07, 6.45) is 1.36. The van der Waals surface area contributed by atoms with Crippen LogP contribution in [-0.2, 0) is 0 Å². The molecule has 4 nitrogen and oxygen atoms in total. The maximum Gasteiger partial charge on any atom is 0.195 e. The third kappa shape index (κ3) is 1.88. The van der Waals surface area contributed by atoms with Gasteiger partial charge >= 0.3 is 0 Å². The van der Waals surface area contributed by atoms with Crippen molar-refractivity contribution in [1.82, 2.24) is 9.38 Å². The van der Waals surface area contributed by atoms with Crippen LogP contribution in [0.2, 0.25) is 0 Å². The van der Waals surface area contributed by atoms with Crippen molar-refractivity contribution >= 4 is 32.7 Å². The number of oxime groups is 1. The van der Waals surface area contributed by atoms with Gasteiger partial charge in [0.15, 0.2) is 4.96 Å². The van der Waals surface area contributed by atoms with E-state index in [0.29, 0.717) is 11.4 Å². The van der Waals surface area contributed by atoms with Crippen LogP contribution in [0.15, 0.2) is 53.7 Å². The zero-order chi connectivity index (χ0) is 15.1. The fraction of sp³-hybridized carbons (Fsp3) is 0. The Labute approximate surface area is 128 Å². The maximum absolute atomic E-state index is 13.1. The normalized spacial score (nSPS) is 11.9. The van der Waals surface area contributed by atoms with Gasteiger partial charge in [-0.25, -0.2) is 9.37 Å². The number of nitrogens with zero attached hydrogens (tertiary/aromatic N) is 3. The van der Waals surface area contributed by atoms with Gasteiger partial charge < -0.3 is 5.21 Å². The fourth-order valence-corrected chi connectivity index (χ4v) is 3.57. The number of hydrogen-bond acceptors (Lipinski definition) is 4. The van der Waals surface area contributed by atoms with E-state index < -0.39 is 0 Å². The standard InChI is InChI=1S/C16H10FN3OS/c17-11-7-5-10(6-8-11)15-13(9-18-21)20-12-3-1-2-4-14(12)22-16(20)19-15/h1-9,21H/b18-9+. The van der Waals surface area contributed by atoms with E-state index in [-0.39, 0.29) is 5.82 Å². The monoisotopic (exact) mass is 311 g/mol. The van der Waals surface area contributed by atoms with Crippen molar-refractivity contribution in [2.75, 3.05) is 0 Å². The molecule has 0 aliphatic carbocycles. The first-order valence-electron chi connectivity index (χ1n) is 6.61. The molecular weight excluding hydrogens is 301 g/mol. The number of benzene rings is 2. The average molecular weight is 311 g/mol. The summed E-state index contributed by atoms with van der Waals surface area (Å²) in [6, 6.07) is 14.0. The Morgan fingerprint density at radius 1 is 1.14 bits per heavy atom. The van der Waals surface area contributed by atoms with Crippen LogP contribution in [0.1, 0.15) is 5.69 Å². The van der Waals surface area contributed by atoms with Crippen LogP contribution in [-0.4, -0.2) is 20.8 Å². The van der Waals surface area contributed by atoms with Gasteiger partial charge in [-0.15, -0.1) is 0 Å². The largest absolute Gasteiger partial charge is 0.411 e. The van der Waals surface area contributed by atoms with E-state index in [2.05, 4.69) is 10.1 Å². The van der Waals surface area contributed by atoms with Gasteiger partial charge in [0.25, 0.3) is 0 Å². The predicted octanol–water partition coefficient (Wildman–Crippen LogP) is 4.16. The van der Waals surface area contributed by atoms with Crippen LogP contribution in [0.3, 0.4) is 0 Å². The molecule has 0 bridgehead atoms. The maximum atomic E-state index is 13.1. The summed E-state index contributed by atoms with van der Waals surface area (Å²) in [6.45, 7) is 0. The second-order valence-electron chi connectivity index (χ2n) is 4.78. The Bertz CT molecular complexity index is 1000. The second kappa shape index (κ2) is 4.92. The van der Waals surface area contributed by atoms with Crippen molar-refractivity contribution in [2.45, 2.75) is 0 Å². The summed E-state index contributed by atoms with van der Waals surface area (Å²) in [4.78, 5) is 5.43. The van der Waals surface area contributed by atoms with Crippen LogP contribution < -0.4 is 0 Å². The molecule has 0 unspecified atom stereocenters. The highest BCUT2D eigenvalue weighted by molar-refractivity contribution is 7.23. The number of aromatic nitrogens is 2. The highest BCUT2D eigenvalue weighted by Crippen LogP contribution is 2.32. The third-order valence-corrected chi connectivity index (χ3v) is 4.51. The van der Waals surface area contributed by atoms with Gasteiger partial charge in [-0.2, -0.15) is 0 Å². The molecule has 22 heavy (non-hydrogen) atoms. The minimum absolute atomic E-state index is 0.299. The summed E-state index contributed by atoms with van der Waals surface area (Å²) in [5.74, 6) is -0.299. The van der Waals surface area contributed by atoms with E-state index in [4.69, 9.17) is 5.21 Å². The Kier molecular flexibility index (Phi) is 2.90. The van der Waals surface area contributed by atoms with E-state index in [1.807, 2.05) is 28.7 Å². The molecule has 1 N–H and O–H groups in total. The Hall–Kier alpha value is -2.73. The van der Waals surface area contributed by atoms with E-state index in [1.165, 1.54) is 18.3 Å². The molecule has 0 aliphatic heterocycles. The first-order chi connectivity index (χ1) is 10.8. The Morgan fingerprint density at radius 3 is 2.68 bits per heavy atom. The van der Waals surface area contributed by atoms with E-state index in [9.17, 15) is 4.39 Å². The number of fused-ring (bicyclic) bond motifs is 3. The Balaban J connectivity index is 2.06. The molecule has 0 spiro atoms. The summed E-state index contributed by atoms with van der Waals surface area (Å²) in [5.41, 5.74) is 3.10. The van der Waals surface area contributed by atoms with Crippen molar-refractivity contribution in [3.05, 3.63) is 60.0 Å². The minimum Gasteiger partial charge on any atom is -0.411 e. The van der Waals surface area contributed by atoms with E-state index in [1.54, 1.807) is 23.5 Å².